The Morgan fingerprint density at radius 3 is 2.30 bits per heavy atom. The van der Waals surface area contributed by atoms with Crippen LogP contribution in [0.3, 0.4) is 0 Å². The maximum atomic E-state index is 12.1. The molecule has 1 aromatic carbocycles. The highest BCUT2D eigenvalue weighted by atomic mass is 16.2. The zero-order valence-corrected chi connectivity index (χ0v) is 11.9. The van der Waals surface area contributed by atoms with Crippen LogP contribution >= 0.6 is 0 Å². The summed E-state index contributed by atoms with van der Waals surface area (Å²) in [5.74, 6) is 2.45. The predicted molar refractivity (Wildman–Crippen MR) is 80.1 cm³/mol. The molecule has 0 spiro atoms. The minimum atomic E-state index is -0.434. The van der Waals surface area contributed by atoms with Gasteiger partial charge in [0, 0.05) is 6.54 Å². The summed E-state index contributed by atoms with van der Waals surface area (Å²) in [4.78, 5) is 12.1. The molecule has 0 heterocycles. The molecule has 20 heavy (non-hydrogen) atoms. The van der Waals surface area contributed by atoms with E-state index in [2.05, 4.69) is 5.32 Å². The molecule has 108 valence electrons. The molecule has 0 saturated heterocycles. The minimum Gasteiger partial charge on any atom is -0.354 e. The molecule has 0 radical (unpaired) electrons. The van der Waals surface area contributed by atoms with E-state index < -0.39 is 6.04 Å². The van der Waals surface area contributed by atoms with E-state index in [0.717, 1.165) is 23.9 Å². The lowest BCUT2D eigenvalue weighted by Crippen LogP contribution is -2.44. The predicted octanol–water partition coefficient (Wildman–Crippen LogP) is 2.11. The molecule has 0 unspecified atom stereocenters. The van der Waals surface area contributed by atoms with Gasteiger partial charge in [0.25, 0.3) is 0 Å². The van der Waals surface area contributed by atoms with E-state index in [-0.39, 0.29) is 5.91 Å². The molecule has 1 aromatic rings. The molecular formula is C17H24N2O. The summed E-state index contributed by atoms with van der Waals surface area (Å²) in [5, 5.41) is 3.08. The summed E-state index contributed by atoms with van der Waals surface area (Å²) in [5.41, 5.74) is 7.13. The van der Waals surface area contributed by atoms with Crippen LogP contribution in [0.5, 0.6) is 0 Å². The lowest BCUT2D eigenvalue weighted by atomic mass is 9.97. The first kappa shape index (κ1) is 13.6. The average Bonchev–Trinajstić information content (AvgIpc) is 3.33. The molecule has 1 atom stereocenters. The maximum absolute atomic E-state index is 12.1. The van der Waals surface area contributed by atoms with Gasteiger partial charge in [0.2, 0.25) is 5.91 Å². The molecule has 3 rings (SSSR count). The van der Waals surface area contributed by atoms with Gasteiger partial charge in [-0.15, -0.1) is 0 Å². The van der Waals surface area contributed by atoms with Gasteiger partial charge in [-0.05, 0) is 55.4 Å². The summed E-state index contributed by atoms with van der Waals surface area (Å²) >= 11 is 0. The van der Waals surface area contributed by atoms with Crippen molar-refractivity contribution in [3.05, 3.63) is 35.9 Å². The van der Waals surface area contributed by atoms with Crippen molar-refractivity contribution in [3.8, 4) is 0 Å². The van der Waals surface area contributed by atoms with Crippen molar-refractivity contribution in [3.63, 3.8) is 0 Å². The van der Waals surface area contributed by atoms with Gasteiger partial charge in [0.1, 0.15) is 0 Å². The van der Waals surface area contributed by atoms with E-state index in [1.165, 1.54) is 25.7 Å². The molecule has 0 aromatic heterocycles. The number of rotatable bonds is 7. The fraction of sp³-hybridized carbons (Fsp3) is 0.588. The normalized spacial score (nSPS) is 19.9. The van der Waals surface area contributed by atoms with Gasteiger partial charge in [-0.25, -0.2) is 0 Å². The van der Waals surface area contributed by atoms with Crippen LogP contribution in [0.25, 0.3) is 0 Å². The molecule has 2 fully saturated rings. The summed E-state index contributed by atoms with van der Waals surface area (Å²) in [6.45, 7) is 0.830. The molecular weight excluding hydrogens is 248 g/mol. The van der Waals surface area contributed by atoms with Crippen molar-refractivity contribution in [2.24, 2.45) is 23.5 Å². The molecule has 2 aliphatic rings. The second kappa shape index (κ2) is 5.96. The first-order chi connectivity index (χ1) is 9.74. The number of hydrogen-bond donors (Lipinski definition) is 2. The fourth-order valence-corrected chi connectivity index (χ4v) is 3.08. The Labute approximate surface area is 120 Å². The van der Waals surface area contributed by atoms with Crippen molar-refractivity contribution in [2.45, 2.75) is 38.1 Å². The Bertz CT molecular complexity index is 439. The summed E-state index contributed by atoms with van der Waals surface area (Å²) in [6.07, 6.45) is 6.03. The Kier molecular flexibility index (Phi) is 4.06. The van der Waals surface area contributed by atoms with Crippen LogP contribution in [0.4, 0.5) is 0 Å². The van der Waals surface area contributed by atoms with Crippen molar-refractivity contribution in [2.75, 3.05) is 6.54 Å². The number of benzene rings is 1. The van der Waals surface area contributed by atoms with Gasteiger partial charge in [-0.1, -0.05) is 30.3 Å². The summed E-state index contributed by atoms with van der Waals surface area (Å²) in [6, 6.07) is 9.54. The zero-order valence-electron chi connectivity index (χ0n) is 11.9. The summed E-state index contributed by atoms with van der Waals surface area (Å²) in [7, 11) is 0. The van der Waals surface area contributed by atoms with Crippen molar-refractivity contribution in [1.29, 1.82) is 0 Å². The summed E-state index contributed by atoms with van der Waals surface area (Å²) < 4.78 is 0. The molecule has 3 N–H and O–H groups in total. The van der Waals surface area contributed by atoms with Gasteiger partial charge in [0.15, 0.2) is 0 Å². The van der Waals surface area contributed by atoms with Crippen LogP contribution in [-0.4, -0.2) is 18.5 Å². The standard InChI is InChI=1S/C17H24N2O/c18-16(10-12-4-2-1-3-5-12)17(20)19-11-15(13-6-7-13)14-8-9-14/h1-5,13-16H,6-11,18H2,(H,19,20)/t16-/m1/s1. The van der Waals surface area contributed by atoms with E-state index in [1.807, 2.05) is 30.3 Å². The third-order valence-electron chi connectivity index (χ3n) is 4.60. The van der Waals surface area contributed by atoms with Crippen LogP contribution in [-0.2, 0) is 11.2 Å². The molecule has 3 nitrogen and oxygen atoms in total. The van der Waals surface area contributed by atoms with E-state index in [4.69, 9.17) is 5.73 Å². The molecule has 1 amide bonds. The van der Waals surface area contributed by atoms with Crippen molar-refractivity contribution >= 4 is 5.91 Å². The zero-order chi connectivity index (χ0) is 13.9. The number of hydrogen-bond acceptors (Lipinski definition) is 2. The first-order valence-electron chi connectivity index (χ1n) is 7.81. The lowest BCUT2D eigenvalue weighted by Gasteiger charge is -2.18. The monoisotopic (exact) mass is 272 g/mol. The van der Waals surface area contributed by atoms with E-state index in [9.17, 15) is 4.79 Å². The number of amides is 1. The number of carbonyl (C=O) groups is 1. The van der Waals surface area contributed by atoms with E-state index >= 15 is 0 Å². The Hall–Kier alpha value is -1.35. The Morgan fingerprint density at radius 1 is 1.15 bits per heavy atom. The Balaban J connectivity index is 1.45. The van der Waals surface area contributed by atoms with Crippen LogP contribution in [0.2, 0.25) is 0 Å². The van der Waals surface area contributed by atoms with Gasteiger partial charge in [-0.2, -0.15) is 0 Å². The largest absolute Gasteiger partial charge is 0.354 e. The SMILES string of the molecule is N[C@H](Cc1ccccc1)C(=O)NCC(C1CC1)C1CC1. The number of carbonyl (C=O) groups excluding carboxylic acids is 1. The minimum absolute atomic E-state index is 0.000142. The maximum Gasteiger partial charge on any atom is 0.237 e. The van der Waals surface area contributed by atoms with Crippen LogP contribution in [0.15, 0.2) is 30.3 Å². The highest BCUT2D eigenvalue weighted by molar-refractivity contribution is 5.81. The van der Waals surface area contributed by atoms with Gasteiger partial charge < -0.3 is 11.1 Å². The molecule has 0 bridgehead atoms. The van der Waals surface area contributed by atoms with Gasteiger partial charge in [0.05, 0.1) is 6.04 Å². The number of nitrogens with two attached hydrogens (primary N) is 1. The molecule has 3 heteroatoms. The quantitative estimate of drug-likeness (QED) is 0.798. The van der Waals surface area contributed by atoms with Gasteiger partial charge in [-0.3, -0.25) is 4.79 Å². The highest BCUT2D eigenvalue weighted by Gasteiger charge is 2.41. The van der Waals surface area contributed by atoms with Crippen molar-refractivity contribution < 1.29 is 4.79 Å². The fourth-order valence-electron chi connectivity index (χ4n) is 3.08. The van der Waals surface area contributed by atoms with Crippen LogP contribution < -0.4 is 11.1 Å². The first-order valence-corrected chi connectivity index (χ1v) is 7.81. The van der Waals surface area contributed by atoms with E-state index in [1.54, 1.807) is 0 Å². The van der Waals surface area contributed by atoms with E-state index in [0.29, 0.717) is 12.3 Å². The van der Waals surface area contributed by atoms with Crippen molar-refractivity contribution in [1.82, 2.24) is 5.32 Å². The third-order valence-corrected chi connectivity index (χ3v) is 4.60. The van der Waals surface area contributed by atoms with Gasteiger partial charge >= 0.3 is 0 Å². The van der Waals surface area contributed by atoms with Crippen LogP contribution in [0, 0.1) is 17.8 Å². The second-order valence-electron chi connectivity index (χ2n) is 6.38. The lowest BCUT2D eigenvalue weighted by molar-refractivity contribution is -0.122. The molecule has 2 aliphatic carbocycles. The average molecular weight is 272 g/mol. The smallest absolute Gasteiger partial charge is 0.237 e. The second-order valence-corrected chi connectivity index (χ2v) is 6.38. The Morgan fingerprint density at radius 2 is 1.75 bits per heavy atom. The molecule has 2 saturated carbocycles. The highest BCUT2D eigenvalue weighted by Crippen LogP contribution is 2.48. The molecule has 0 aliphatic heterocycles. The third kappa shape index (κ3) is 3.60. The topological polar surface area (TPSA) is 55.1 Å². The number of nitrogens with one attached hydrogen (secondary N) is 1. The van der Waals surface area contributed by atoms with Crippen LogP contribution in [0.1, 0.15) is 31.2 Å².